The predicted octanol–water partition coefficient (Wildman–Crippen LogP) is 5.76. The first kappa shape index (κ1) is 18.7. The summed E-state index contributed by atoms with van der Waals surface area (Å²) in [6, 6.07) is 20.7. The lowest BCUT2D eigenvalue weighted by Gasteiger charge is -2.31. The van der Waals surface area contributed by atoms with E-state index in [1.165, 1.54) is 11.1 Å². The Morgan fingerprint density at radius 3 is 1.25 bits per heavy atom. The molecule has 130 valence electrons. The molecule has 0 aliphatic heterocycles. The van der Waals surface area contributed by atoms with Crippen LogP contribution in [0.1, 0.15) is 51.7 Å². The van der Waals surface area contributed by atoms with E-state index in [9.17, 15) is 0 Å². The lowest BCUT2D eigenvalue weighted by molar-refractivity contribution is -0.0745. The maximum Gasteiger partial charge on any atom is 0.0724 e. The Balaban J connectivity index is 1.76. The molecule has 0 N–H and O–H groups in total. The van der Waals surface area contributed by atoms with E-state index in [4.69, 9.17) is 9.47 Å². The summed E-state index contributed by atoms with van der Waals surface area (Å²) in [4.78, 5) is 0. The van der Waals surface area contributed by atoms with Crippen LogP contribution in [-0.4, -0.2) is 11.2 Å². The van der Waals surface area contributed by atoms with Crippen molar-refractivity contribution in [3.63, 3.8) is 0 Å². The van der Waals surface area contributed by atoms with Crippen molar-refractivity contribution in [3.05, 3.63) is 71.8 Å². The van der Waals surface area contributed by atoms with Gasteiger partial charge in [0.15, 0.2) is 0 Å². The van der Waals surface area contributed by atoms with Crippen LogP contribution in [0, 0.1) is 0 Å². The molecule has 2 aromatic rings. The number of hydrogen-bond donors (Lipinski definition) is 0. The number of rotatable bonds is 9. The molecule has 0 amide bonds. The highest BCUT2D eigenvalue weighted by Gasteiger charge is 2.25. The molecule has 2 rings (SSSR count). The summed E-state index contributed by atoms with van der Waals surface area (Å²) in [5.74, 6) is 0. The third-order valence-electron chi connectivity index (χ3n) is 4.27. The highest BCUT2D eigenvalue weighted by molar-refractivity contribution is 5.14. The zero-order valence-electron chi connectivity index (χ0n) is 15.4. The molecule has 0 heterocycles. The second-order valence-electron chi connectivity index (χ2n) is 7.57. The molecule has 2 heteroatoms. The van der Waals surface area contributed by atoms with Gasteiger partial charge in [0, 0.05) is 0 Å². The number of hydrogen-bond acceptors (Lipinski definition) is 2. The molecule has 2 nitrogen and oxygen atoms in total. The molecule has 0 bridgehead atoms. The van der Waals surface area contributed by atoms with E-state index in [-0.39, 0.29) is 11.2 Å². The zero-order chi connectivity index (χ0) is 17.5. The summed E-state index contributed by atoms with van der Waals surface area (Å²) >= 11 is 0. The van der Waals surface area contributed by atoms with Crippen molar-refractivity contribution in [2.24, 2.45) is 0 Å². The van der Waals surface area contributed by atoms with Gasteiger partial charge < -0.3 is 9.47 Å². The van der Waals surface area contributed by atoms with E-state index in [1.807, 2.05) is 36.4 Å². The van der Waals surface area contributed by atoms with Crippen LogP contribution in [0.5, 0.6) is 0 Å². The Hall–Kier alpha value is -1.64. The third-order valence-corrected chi connectivity index (χ3v) is 4.27. The second-order valence-corrected chi connectivity index (χ2v) is 7.57. The first-order valence-electron chi connectivity index (χ1n) is 8.72. The molecule has 0 aliphatic rings. The molecule has 0 spiro atoms. The first-order valence-corrected chi connectivity index (χ1v) is 8.72. The fourth-order valence-electron chi connectivity index (χ4n) is 2.45. The molecule has 0 saturated heterocycles. The van der Waals surface area contributed by atoms with Crippen LogP contribution >= 0.6 is 0 Å². The van der Waals surface area contributed by atoms with Gasteiger partial charge >= 0.3 is 0 Å². The fourth-order valence-corrected chi connectivity index (χ4v) is 2.45. The Kier molecular flexibility index (Phi) is 6.59. The van der Waals surface area contributed by atoms with E-state index in [1.54, 1.807) is 0 Å². The van der Waals surface area contributed by atoms with E-state index in [0.29, 0.717) is 13.2 Å². The van der Waals surface area contributed by atoms with Crippen LogP contribution < -0.4 is 0 Å². The maximum absolute atomic E-state index is 6.12. The van der Waals surface area contributed by atoms with Crippen LogP contribution in [0.3, 0.4) is 0 Å². The molecular weight excluding hydrogens is 296 g/mol. The lowest BCUT2D eigenvalue weighted by Crippen LogP contribution is -2.31. The van der Waals surface area contributed by atoms with E-state index in [0.717, 1.165) is 12.8 Å². The average Bonchev–Trinajstić information content (AvgIpc) is 2.59. The van der Waals surface area contributed by atoms with Crippen molar-refractivity contribution < 1.29 is 9.47 Å². The monoisotopic (exact) mass is 326 g/mol. The Morgan fingerprint density at radius 2 is 0.917 bits per heavy atom. The topological polar surface area (TPSA) is 18.5 Å². The van der Waals surface area contributed by atoms with Gasteiger partial charge in [-0.05, 0) is 51.7 Å². The van der Waals surface area contributed by atoms with Gasteiger partial charge in [-0.2, -0.15) is 0 Å². The lowest BCUT2D eigenvalue weighted by atomic mass is 9.93. The summed E-state index contributed by atoms with van der Waals surface area (Å²) in [6.45, 7) is 9.93. The number of ether oxygens (including phenoxy) is 2. The summed E-state index contributed by atoms with van der Waals surface area (Å²) in [6.07, 6.45) is 1.92. The van der Waals surface area contributed by atoms with Crippen molar-refractivity contribution in [1.29, 1.82) is 0 Å². The van der Waals surface area contributed by atoms with Gasteiger partial charge in [0.1, 0.15) is 0 Å². The van der Waals surface area contributed by atoms with Gasteiger partial charge in [0.05, 0.1) is 24.4 Å². The van der Waals surface area contributed by atoms with Crippen LogP contribution in [-0.2, 0) is 22.7 Å². The molecule has 2 aromatic carbocycles. The highest BCUT2D eigenvalue weighted by Crippen LogP contribution is 2.26. The Morgan fingerprint density at radius 1 is 0.583 bits per heavy atom. The highest BCUT2D eigenvalue weighted by atomic mass is 16.5. The molecule has 0 fully saturated rings. The molecule has 24 heavy (non-hydrogen) atoms. The molecule has 0 aromatic heterocycles. The van der Waals surface area contributed by atoms with Gasteiger partial charge in [-0.15, -0.1) is 0 Å². The summed E-state index contributed by atoms with van der Waals surface area (Å²) in [5.41, 5.74) is 2.10. The largest absolute Gasteiger partial charge is 0.371 e. The normalized spacial score (nSPS) is 12.3. The van der Waals surface area contributed by atoms with Gasteiger partial charge in [-0.1, -0.05) is 60.7 Å². The van der Waals surface area contributed by atoms with Gasteiger partial charge in [0.2, 0.25) is 0 Å². The average molecular weight is 326 g/mol. The maximum atomic E-state index is 6.12. The smallest absolute Gasteiger partial charge is 0.0724 e. The minimum Gasteiger partial charge on any atom is -0.371 e. The van der Waals surface area contributed by atoms with E-state index < -0.39 is 0 Å². The van der Waals surface area contributed by atoms with Crippen LogP contribution in [0.25, 0.3) is 0 Å². The Labute approximate surface area is 146 Å². The van der Waals surface area contributed by atoms with Crippen LogP contribution in [0.2, 0.25) is 0 Å². The molecular formula is C22H30O2. The first-order chi connectivity index (χ1) is 11.4. The van der Waals surface area contributed by atoms with Crippen molar-refractivity contribution in [3.8, 4) is 0 Å². The molecule has 0 radical (unpaired) electrons. The van der Waals surface area contributed by atoms with E-state index >= 15 is 0 Å². The summed E-state index contributed by atoms with van der Waals surface area (Å²) in [7, 11) is 0. The minimum absolute atomic E-state index is 0.163. The third kappa shape index (κ3) is 6.86. The van der Waals surface area contributed by atoms with Crippen LogP contribution in [0.15, 0.2) is 60.7 Å². The fraction of sp³-hybridized carbons (Fsp3) is 0.455. The molecule has 0 saturated carbocycles. The Bertz CT molecular complexity index is 532. The van der Waals surface area contributed by atoms with Crippen molar-refractivity contribution in [1.82, 2.24) is 0 Å². The molecule has 0 atom stereocenters. The minimum atomic E-state index is -0.163. The SMILES string of the molecule is CC(C)(CCC(C)(C)OCc1ccccc1)OCc1ccccc1. The quantitative estimate of drug-likeness (QED) is 0.583. The summed E-state index contributed by atoms with van der Waals surface area (Å²) < 4.78 is 12.2. The second kappa shape index (κ2) is 8.46. The van der Waals surface area contributed by atoms with Crippen LogP contribution in [0.4, 0.5) is 0 Å². The van der Waals surface area contributed by atoms with Crippen molar-refractivity contribution >= 4 is 0 Å². The molecule has 0 unspecified atom stereocenters. The van der Waals surface area contributed by atoms with Gasteiger partial charge in [-0.3, -0.25) is 0 Å². The summed E-state index contributed by atoms with van der Waals surface area (Å²) in [5, 5.41) is 0. The van der Waals surface area contributed by atoms with Gasteiger partial charge in [-0.25, -0.2) is 0 Å². The zero-order valence-corrected chi connectivity index (χ0v) is 15.4. The standard InChI is InChI=1S/C22H30O2/c1-21(2,23-17-19-11-7-5-8-12-19)15-16-22(3,4)24-18-20-13-9-6-10-14-20/h5-14H,15-18H2,1-4H3. The van der Waals surface area contributed by atoms with Crippen molar-refractivity contribution in [2.75, 3.05) is 0 Å². The van der Waals surface area contributed by atoms with Crippen molar-refractivity contribution in [2.45, 2.75) is 65.0 Å². The van der Waals surface area contributed by atoms with E-state index in [2.05, 4.69) is 52.0 Å². The molecule has 0 aliphatic carbocycles. The predicted molar refractivity (Wildman–Crippen MR) is 99.9 cm³/mol. The van der Waals surface area contributed by atoms with Gasteiger partial charge in [0.25, 0.3) is 0 Å². The number of benzene rings is 2.